The lowest BCUT2D eigenvalue weighted by Crippen LogP contribution is -2.28. The van der Waals surface area contributed by atoms with E-state index in [0.29, 0.717) is 16.7 Å². The highest BCUT2D eigenvalue weighted by atomic mass is 32.2. The lowest BCUT2D eigenvalue weighted by atomic mass is 10.2. The van der Waals surface area contributed by atoms with Crippen LogP contribution in [0.25, 0.3) is 10.9 Å². The molecule has 112 valence electrons. The molecule has 1 aromatic heterocycles. The van der Waals surface area contributed by atoms with Crippen LogP contribution < -0.4 is 21.7 Å². The van der Waals surface area contributed by atoms with E-state index >= 15 is 0 Å². The van der Waals surface area contributed by atoms with Crippen molar-refractivity contribution in [2.45, 2.75) is 11.3 Å². The first-order valence-corrected chi connectivity index (χ1v) is 7.56. The van der Waals surface area contributed by atoms with Crippen molar-refractivity contribution in [2.75, 3.05) is 12.0 Å². The monoisotopic (exact) mass is 309 g/mol. The van der Waals surface area contributed by atoms with E-state index < -0.39 is 15.9 Å². The fraction of sp³-hybridized carbons (Fsp3) is 0.167. The van der Waals surface area contributed by atoms with Gasteiger partial charge in [-0.2, -0.15) is 0 Å². The minimum Gasteiger partial charge on any atom is -0.370 e. The van der Waals surface area contributed by atoms with Gasteiger partial charge in [0.1, 0.15) is 5.82 Å². The first-order chi connectivity index (χ1) is 9.92. The number of nitrogens with zero attached hydrogens (tertiary/aromatic N) is 1. The Labute approximate surface area is 121 Å². The van der Waals surface area contributed by atoms with Gasteiger partial charge in [0.05, 0.1) is 10.4 Å². The number of sulfonamides is 1. The van der Waals surface area contributed by atoms with Gasteiger partial charge in [-0.25, -0.2) is 24.0 Å². The standard InChI is InChI=1S/C12H15N5O3S/c13-11(18)5-6-15-21(19,20)9-2-3-10-8(7-9)1-4-12(16-10)17-14/h1-4,7,15H,5-6,14H2,(H2,13,18)(H,16,17). The number of amides is 1. The van der Waals surface area contributed by atoms with Crippen LogP contribution in [0.2, 0.25) is 0 Å². The SMILES string of the molecule is NNc1ccc2cc(S(=O)(=O)NCCC(N)=O)ccc2n1. The molecule has 0 saturated heterocycles. The van der Waals surface area contributed by atoms with Crippen molar-refractivity contribution in [3.05, 3.63) is 30.3 Å². The number of pyridine rings is 1. The lowest BCUT2D eigenvalue weighted by molar-refractivity contribution is -0.117. The average molecular weight is 309 g/mol. The van der Waals surface area contributed by atoms with Crippen LogP contribution in [0.15, 0.2) is 35.2 Å². The smallest absolute Gasteiger partial charge is 0.240 e. The molecule has 0 unspecified atom stereocenters. The molecule has 2 aromatic rings. The Balaban J connectivity index is 2.27. The molecule has 2 rings (SSSR count). The topological polar surface area (TPSA) is 140 Å². The van der Waals surface area contributed by atoms with Crippen molar-refractivity contribution in [3.8, 4) is 0 Å². The van der Waals surface area contributed by atoms with Crippen molar-refractivity contribution in [3.63, 3.8) is 0 Å². The van der Waals surface area contributed by atoms with E-state index in [2.05, 4.69) is 15.1 Å². The zero-order valence-corrected chi connectivity index (χ0v) is 11.9. The Morgan fingerprint density at radius 1 is 1.24 bits per heavy atom. The van der Waals surface area contributed by atoms with Crippen LogP contribution in [0.1, 0.15) is 6.42 Å². The van der Waals surface area contributed by atoms with Gasteiger partial charge >= 0.3 is 0 Å². The van der Waals surface area contributed by atoms with E-state index in [0.717, 1.165) is 0 Å². The lowest BCUT2D eigenvalue weighted by Gasteiger charge is -2.07. The molecule has 0 aliphatic carbocycles. The van der Waals surface area contributed by atoms with Gasteiger partial charge in [0.2, 0.25) is 15.9 Å². The number of anilines is 1. The molecule has 9 heteroatoms. The molecule has 8 nitrogen and oxygen atoms in total. The first kappa shape index (κ1) is 15.2. The normalized spacial score (nSPS) is 11.5. The highest BCUT2D eigenvalue weighted by Gasteiger charge is 2.14. The minimum atomic E-state index is -3.69. The van der Waals surface area contributed by atoms with Crippen LogP contribution in [0.5, 0.6) is 0 Å². The maximum absolute atomic E-state index is 12.1. The van der Waals surface area contributed by atoms with Crippen molar-refractivity contribution >= 4 is 32.7 Å². The summed E-state index contributed by atoms with van der Waals surface area (Å²) in [5, 5.41) is 0.659. The number of benzene rings is 1. The molecule has 1 heterocycles. The van der Waals surface area contributed by atoms with Crippen molar-refractivity contribution in [1.29, 1.82) is 0 Å². The van der Waals surface area contributed by atoms with Gasteiger partial charge in [0.25, 0.3) is 0 Å². The molecule has 0 saturated carbocycles. The second-order valence-electron chi connectivity index (χ2n) is 4.31. The molecule has 0 radical (unpaired) electrons. The van der Waals surface area contributed by atoms with Crippen LogP contribution in [0.3, 0.4) is 0 Å². The van der Waals surface area contributed by atoms with Crippen LogP contribution in [-0.4, -0.2) is 25.9 Å². The summed E-state index contributed by atoms with van der Waals surface area (Å²) < 4.78 is 26.4. The number of nitrogen functional groups attached to an aromatic ring is 1. The predicted octanol–water partition coefficient (Wildman–Crippen LogP) is -0.326. The second kappa shape index (κ2) is 6.04. The highest BCUT2D eigenvalue weighted by Crippen LogP contribution is 2.19. The summed E-state index contributed by atoms with van der Waals surface area (Å²) in [5.74, 6) is 5.18. The molecule has 1 aromatic carbocycles. The van der Waals surface area contributed by atoms with Crippen LogP contribution >= 0.6 is 0 Å². The van der Waals surface area contributed by atoms with Gasteiger partial charge in [0, 0.05) is 18.4 Å². The molecule has 1 amide bonds. The number of nitrogens with two attached hydrogens (primary N) is 2. The molecule has 0 bridgehead atoms. The summed E-state index contributed by atoms with van der Waals surface area (Å²) >= 11 is 0. The number of carbonyl (C=O) groups excluding carboxylic acids is 1. The Hall–Kier alpha value is -2.23. The summed E-state index contributed by atoms with van der Waals surface area (Å²) in [4.78, 5) is 14.9. The summed E-state index contributed by atoms with van der Waals surface area (Å²) in [6.07, 6.45) is -0.0557. The zero-order valence-electron chi connectivity index (χ0n) is 11.0. The number of hydrogen-bond donors (Lipinski definition) is 4. The molecule has 0 aliphatic rings. The van der Waals surface area contributed by atoms with E-state index in [4.69, 9.17) is 11.6 Å². The third-order valence-corrected chi connectivity index (χ3v) is 4.24. The van der Waals surface area contributed by atoms with Gasteiger partial charge in [-0.15, -0.1) is 0 Å². The molecule has 0 aliphatic heterocycles. The van der Waals surface area contributed by atoms with Gasteiger partial charge in [-0.1, -0.05) is 0 Å². The Morgan fingerprint density at radius 2 is 2.00 bits per heavy atom. The number of primary amides is 1. The quantitative estimate of drug-likeness (QED) is 0.425. The van der Waals surface area contributed by atoms with E-state index in [-0.39, 0.29) is 17.9 Å². The van der Waals surface area contributed by atoms with E-state index in [9.17, 15) is 13.2 Å². The molecule has 0 fully saturated rings. The van der Waals surface area contributed by atoms with Gasteiger partial charge in [-0.3, -0.25) is 4.79 Å². The summed E-state index contributed by atoms with van der Waals surface area (Å²) in [5.41, 5.74) is 7.99. The maximum atomic E-state index is 12.1. The molecular formula is C12H15N5O3S. The third-order valence-electron chi connectivity index (χ3n) is 2.78. The Kier molecular flexibility index (Phi) is 4.36. The van der Waals surface area contributed by atoms with Crippen LogP contribution in [-0.2, 0) is 14.8 Å². The van der Waals surface area contributed by atoms with Crippen molar-refractivity contribution < 1.29 is 13.2 Å². The highest BCUT2D eigenvalue weighted by molar-refractivity contribution is 7.89. The minimum absolute atomic E-state index is 0.0377. The number of nitrogens with one attached hydrogen (secondary N) is 2. The number of aromatic nitrogens is 1. The van der Waals surface area contributed by atoms with Crippen LogP contribution in [0.4, 0.5) is 5.82 Å². The molecule has 21 heavy (non-hydrogen) atoms. The number of rotatable bonds is 6. The Bertz CT molecular complexity index is 776. The van der Waals surface area contributed by atoms with Crippen molar-refractivity contribution in [1.82, 2.24) is 9.71 Å². The summed E-state index contributed by atoms with van der Waals surface area (Å²) in [6.45, 7) is -0.0377. The van der Waals surface area contributed by atoms with E-state index in [1.165, 1.54) is 12.1 Å². The van der Waals surface area contributed by atoms with E-state index in [1.807, 2.05) is 0 Å². The van der Waals surface area contributed by atoms with Gasteiger partial charge in [0.15, 0.2) is 0 Å². The number of fused-ring (bicyclic) bond motifs is 1. The molecule has 0 atom stereocenters. The number of hydrazine groups is 1. The predicted molar refractivity (Wildman–Crippen MR) is 78.6 cm³/mol. The maximum Gasteiger partial charge on any atom is 0.240 e. The fourth-order valence-corrected chi connectivity index (χ4v) is 2.81. The second-order valence-corrected chi connectivity index (χ2v) is 6.08. The van der Waals surface area contributed by atoms with Crippen molar-refractivity contribution in [2.24, 2.45) is 11.6 Å². The molecular weight excluding hydrogens is 294 g/mol. The van der Waals surface area contributed by atoms with E-state index in [1.54, 1.807) is 18.2 Å². The van der Waals surface area contributed by atoms with Gasteiger partial charge < -0.3 is 11.2 Å². The molecule has 0 spiro atoms. The number of carbonyl (C=O) groups is 1. The summed E-state index contributed by atoms with van der Waals surface area (Å²) in [6, 6.07) is 7.86. The van der Waals surface area contributed by atoms with Gasteiger partial charge in [-0.05, 0) is 30.3 Å². The first-order valence-electron chi connectivity index (χ1n) is 6.08. The third kappa shape index (κ3) is 3.66. The fourth-order valence-electron chi connectivity index (χ4n) is 1.74. The average Bonchev–Trinajstić information content (AvgIpc) is 2.45. The zero-order chi connectivity index (χ0) is 15.5. The molecule has 6 N–H and O–H groups in total. The summed E-state index contributed by atoms with van der Waals surface area (Å²) in [7, 11) is -3.69. The number of hydrogen-bond acceptors (Lipinski definition) is 6. The van der Waals surface area contributed by atoms with Crippen LogP contribution in [0, 0.1) is 0 Å². The largest absolute Gasteiger partial charge is 0.370 e. The Morgan fingerprint density at radius 3 is 2.67 bits per heavy atom.